The summed E-state index contributed by atoms with van der Waals surface area (Å²) < 4.78 is 9.62. The molecule has 1 aromatic heterocycles. The minimum Gasteiger partial charge on any atom is -0.490 e. The molecule has 5 nitrogen and oxygen atoms in total. The number of hydrogen-bond acceptors (Lipinski definition) is 5. The van der Waals surface area contributed by atoms with Crippen LogP contribution in [0.25, 0.3) is 0 Å². The quantitative estimate of drug-likeness (QED) is 0.671. The Labute approximate surface area is 74.7 Å². The van der Waals surface area contributed by atoms with E-state index in [1.807, 2.05) is 0 Å². The van der Waals surface area contributed by atoms with Crippen molar-refractivity contribution in [3.8, 4) is 5.75 Å². The summed E-state index contributed by atoms with van der Waals surface area (Å²) in [6.45, 7) is 0.00920. The molecule has 0 aliphatic rings. The summed E-state index contributed by atoms with van der Waals surface area (Å²) in [7, 11) is 1.37. The maximum Gasteiger partial charge on any atom is 0.227 e. The van der Waals surface area contributed by atoms with E-state index in [1.54, 1.807) is 0 Å². The summed E-state index contributed by atoms with van der Waals surface area (Å²) >= 11 is 0. The molecule has 1 atom stereocenters. The van der Waals surface area contributed by atoms with Gasteiger partial charge in [-0.2, -0.15) is 0 Å². The topological polar surface area (TPSA) is 85.7 Å². The maximum absolute atomic E-state index is 11.2. The molecule has 1 rings (SSSR count). The standard InChI is InChI=1S/C8H11NO4/c1-12-8-4-13-7(2-5(8)10)6(11)3-9/h2,4,6,11H,3,9H2,1H3/t6-/m0/s1. The number of methoxy groups -OCH3 is 1. The second-order valence-electron chi connectivity index (χ2n) is 2.47. The average Bonchev–Trinajstić information content (AvgIpc) is 2.16. The van der Waals surface area contributed by atoms with E-state index in [4.69, 9.17) is 14.9 Å². The van der Waals surface area contributed by atoms with Gasteiger partial charge in [0, 0.05) is 12.6 Å². The lowest BCUT2D eigenvalue weighted by atomic mass is 10.2. The van der Waals surface area contributed by atoms with E-state index in [0.29, 0.717) is 0 Å². The molecule has 0 fully saturated rings. The Bertz CT molecular complexity index is 333. The second-order valence-corrected chi connectivity index (χ2v) is 2.47. The molecule has 0 aromatic carbocycles. The molecular weight excluding hydrogens is 174 g/mol. The molecular formula is C8H11NO4. The molecule has 0 saturated carbocycles. The molecule has 3 N–H and O–H groups in total. The van der Waals surface area contributed by atoms with Crippen molar-refractivity contribution >= 4 is 0 Å². The lowest BCUT2D eigenvalue weighted by Crippen LogP contribution is -2.14. The molecule has 0 spiro atoms. The Hall–Kier alpha value is -1.33. The number of rotatable bonds is 3. The van der Waals surface area contributed by atoms with Crippen molar-refractivity contribution in [3.05, 3.63) is 28.3 Å². The molecule has 0 amide bonds. The van der Waals surface area contributed by atoms with Crippen molar-refractivity contribution in [1.82, 2.24) is 0 Å². The fourth-order valence-corrected chi connectivity index (χ4v) is 0.854. The van der Waals surface area contributed by atoms with Crippen LogP contribution >= 0.6 is 0 Å². The zero-order valence-corrected chi connectivity index (χ0v) is 7.19. The van der Waals surface area contributed by atoms with Crippen molar-refractivity contribution in [1.29, 1.82) is 0 Å². The van der Waals surface area contributed by atoms with E-state index in [0.717, 1.165) is 12.3 Å². The van der Waals surface area contributed by atoms with Gasteiger partial charge in [0.2, 0.25) is 11.2 Å². The molecule has 1 aromatic rings. The van der Waals surface area contributed by atoms with Crippen LogP contribution in [0.5, 0.6) is 5.75 Å². The first-order valence-corrected chi connectivity index (χ1v) is 3.74. The Morgan fingerprint density at radius 1 is 1.77 bits per heavy atom. The molecule has 13 heavy (non-hydrogen) atoms. The van der Waals surface area contributed by atoms with Crippen molar-refractivity contribution < 1.29 is 14.3 Å². The van der Waals surface area contributed by atoms with Gasteiger partial charge in [0.05, 0.1) is 7.11 Å². The third-order valence-corrected chi connectivity index (χ3v) is 1.59. The van der Waals surface area contributed by atoms with Crippen LogP contribution in [0.3, 0.4) is 0 Å². The summed E-state index contributed by atoms with van der Waals surface area (Å²) in [6, 6.07) is 1.16. The van der Waals surface area contributed by atoms with Crippen LogP contribution in [-0.4, -0.2) is 18.8 Å². The Kier molecular flexibility index (Phi) is 3.05. The first-order valence-electron chi connectivity index (χ1n) is 3.74. The summed E-state index contributed by atoms with van der Waals surface area (Å²) in [5.41, 5.74) is 4.84. The smallest absolute Gasteiger partial charge is 0.227 e. The highest BCUT2D eigenvalue weighted by molar-refractivity contribution is 5.18. The molecule has 0 radical (unpaired) electrons. The van der Waals surface area contributed by atoms with Gasteiger partial charge in [-0.15, -0.1) is 0 Å². The first kappa shape index (κ1) is 9.76. The van der Waals surface area contributed by atoms with Crippen LogP contribution in [0.2, 0.25) is 0 Å². The molecule has 0 bridgehead atoms. The fraction of sp³-hybridized carbons (Fsp3) is 0.375. The normalized spacial score (nSPS) is 12.5. The molecule has 72 valence electrons. The van der Waals surface area contributed by atoms with Gasteiger partial charge < -0.3 is 20.0 Å². The van der Waals surface area contributed by atoms with Crippen LogP contribution in [0, 0.1) is 0 Å². The summed E-state index contributed by atoms with van der Waals surface area (Å²) in [6.07, 6.45) is 0.204. The lowest BCUT2D eigenvalue weighted by molar-refractivity contribution is 0.154. The highest BCUT2D eigenvalue weighted by Gasteiger charge is 2.10. The lowest BCUT2D eigenvalue weighted by Gasteiger charge is -2.06. The van der Waals surface area contributed by atoms with Gasteiger partial charge in [0.15, 0.2) is 0 Å². The highest BCUT2D eigenvalue weighted by Crippen LogP contribution is 2.11. The van der Waals surface area contributed by atoms with E-state index in [1.165, 1.54) is 7.11 Å². The largest absolute Gasteiger partial charge is 0.490 e. The Balaban J connectivity index is 3.03. The van der Waals surface area contributed by atoms with Crippen LogP contribution in [0.15, 0.2) is 21.5 Å². The van der Waals surface area contributed by atoms with Gasteiger partial charge >= 0.3 is 0 Å². The van der Waals surface area contributed by atoms with Crippen molar-refractivity contribution in [2.45, 2.75) is 6.10 Å². The predicted molar refractivity (Wildman–Crippen MR) is 45.5 cm³/mol. The zero-order valence-electron chi connectivity index (χ0n) is 7.19. The third kappa shape index (κ3) is 2.07. The van der Waals surface area contributed by atoms with E-state index >= 15 is 0 Å². The second kappa shape index (κ2) is 4.06. The van der Waals surface area contributed by atoms with Crippen molar-refractivity contribution in [2.75, 3.05) is 13.7 Å². The number of nitrogens with two attached hydrogens (primary N) is 1. The van der Waals surface area contributed by atoms with E-state index < -0.39 is 6.10 Å². The Morgan fingerprint density at radius 3 is 2.92 bits per heavy atom. The number of aliphatic hydroxyl groups is 1. The summed E-state index contributed by atoms with van der Waals surface area (Å²) in [4.78, 5) is 11.2. The van der Waals surface area contributed by atoms with Gasteiger partial charge in [-0.1, -0.05) is 0 Å². The summed E-state index contributed by atoms with van der Waals surface area (Å²) in [5.74, 6) is 0.251. The van der Waals surface area contributed by atoms with Gasteiger partial charge in [-0.3, -0.25) is 4.79 Å². The fourth-order valence-electron chi connectivity index (χ4n) is 0.854. The summed E-state index contributed by atoms with van der Waals surface area (Å²) in [5, 5.41) is 9.22. The minimum atomic E-state index is -0.946. The van der Waals surface area contributed by atoms with E-state index in [-0.39, 0.29) is 23.5 Å². The number of aliphatic hydroxyl groups excluding tert-OH is 1. The van der Waals surface area contributed by atoms with Crippen molar-refractivity contribution in [3.63, 3.8) is 0 Å². The first-order chi connectivity index (χ1) is 6.19. The molecule has 5 heteroatoms. The highest BCUT2D eigenvalue weighted by atomic mass is 16.5. The monoisotopic (exact) mass is 185 g/mol. The Morgan fingerprint density at radius 2 is 2.46 bits per heavy atom. The molecule has 1 heterocycles. The number of hydrogen-bond donors (Lipinski definition) is 2. The van der Waals surface area contributed by atoms with Gasteiger partial charge in [-0.05, 0) is 0 Å². The van der Waals surface area contributed by atoms with Crippen LogP contribution < -0.4 is 15.9 Å². The van der Waals surface area contributed by atoms with Gasteiger partial charge in [-0.25, -0.2) is 0 Å². The maximum atomic E-state index is 11.2. The predicted octanol–water partition coefficient (Wildman–Crippen LogP) is -0.359. The molecule has 0 saturated heterocycles. The van der Waals surface area contributed by atoms with E-state index in [2.05, 4.69) is 0 Å². The van der Waals surface area contributed by atoms with E-state index in [9.17, 15) is 9.90 Å². The van der Waals surface area contributed by atoms with Crippen LogP contribution in [0.1, 0.15) is 11.9 Å². The molecule has 0 unspecified atom stereocenters. The van der Waals surface area contributed by atoms with Gasteiger partial charge in [0.25, 0.3) is 0 Å². The van der Waals surface area contributed by atoms with Gasteiger partial charge in [0.1, 0.15) is 18.1 Å². The van der Waals surface area contributed by atoms with Crippen molar-refractivity contribution in [2.24, 2.45) is 5.73 Å². The third-order valence-electron chi connectivity index (χ3n) is 1.59. The SMILES string of the molecule is COc1coc([C@@H](O)CN)cc1=O. The van der Waals surface area contributed by atoms with Crippen LogP contribution in [-0.2, 0) is 0 Å². The molecule has 0 aliphatic heterocycles. The molecule has 0 aliphatic carbocycles. The average molecular weight is 185 g/mol. The minimum absolute atomic E-state index is 0.00920. The number of ether oxygens (including phenoxy) is 1. The zero-order chi connectivity index (χ0) is 9.84. The van der Waals surface area contributed by atoms with Crippen LogP contribution in [0.4, 0.5) is 0 Å².